The van der Waals surface area contributed by atoms with Crippen LogP contribution in [0.5, 0.6) is 0 Å². The van der Waals surface area contributed by atoms with Crippen LogP contribution in [-0.2, 0) is 6.54 Å². The molecule has 1 aromatic rings. The SMILES string of the molecule is CCC(C)n1cc(CNC)c(C)n1. The van der Waals surface area contributed by atoms with Crippen molar-refractivity contribution in [1.82, 2.24) is 15.1 Å². The van der Waals surface area contributed by atoms with Gasteiger partial charge in [-0.2, -0.15) is 5.10 Å². The average Bonchev–Trinajstić information content (AvgIpc) is 2.47. The van der Waals surface area contributed by atoms with Gasteiger partial charge in [0, 0.05) is 24.3 Å². The van der Waals surface area contributed by atoms with Gasteiger partial charge in [-0.05, 0) is 27.3 Å². The quantitative estimate of drug-likeness (QED) is 0.768. The van der Waals surface area contributed by atoms with Crippen LogP contribution in [0.1, 0.15) is 37.6 Å². The molecule has 1 atom stereocenters. The Bertz CT molecular complexity index is 265. The highest BCUT2D eigenvalue weighted by Crippen LogP contribution is 2.12. The van der Waals surface area contributed by atoms with Gasteiger partial charge >= 0.3 is 0 Å². The van der Waals surface area contributed by atoms with Gasteiger partial charge in [0.15, 0.2) is 0 Å². The highest BCUT2D eigenvalue weighted by Gasteiger charge is 2.07. The fourth-order valence-corrected chi connectivity index (χ4v) is 1.30. The maximum absolute atomic E-state index is 4.48. The van der Waals surface area contributed by atoms with Crippen LogP contribution in [-0.4, -0.2) is 16.8 Å². The molecule has 0 amide bonds. The van der Waals surface area contributed by atoms with Crippen molar-refractivity contribution < 1.29 is 0 Å². The molecule has 3 heteroatoms. The molecule has 0 fully saturated rings. The van der Waals surface area contributed by atoms with Gasteiger partial charge in [-0.3, -0.25) is 4.68 Å². The van der Waals surface area contributed by atoms with E-state index in [-0.39, 0.29) is 0 Å². The van der Waals surface area contributed by atoms with Gasteiger partial charge in [-0.25, -0.2) is 0 Å². The van der Waals surface area contributed by atoms with Crippen molar-refractivity contribution in [3.05, 3.63) is 17.5 Å². The molecular weight excluding hydrogens is 162 g/mol. The van der Waals surface area contributed by atoms with E-state index in [1.54, 1.807) is 0 Å². The molecule has 1 aromatic heterocycles. The molecule has 0 saturated heterocycles. The van der Waals surface area contributed by atoms with Crippen LogP contribution in [0.3, 0.4) is 0 Å². The first-order valence-electron chi connectivity index (χ1n) is 4.88. The van der Waals surface area contributed by atoms with E-state index in [1.807, 2.05) is 7.05 Å². The summed E-state index contributed by atoms with van der Waals surface area (Å²) in [5, 5.41) is 7.62. The van der Waals surface area contributed by atoms with Crippen molar-refractivity contribution in [2.45, 2.75) is 39.8 Å². The minimum Gasteiger partial charge on any atom is -0.316 e. The molecule has 0 aliphatic heterocycles. The third-order valence-corrected chi connectivity index (χ3v) is 2.43. The summed E-state index contributed by atoms with van der Waals surface area (Å²) >= 11 is 0. The lowest BCUT2D eigenvalue weighted by molar-refractivity contribution is 0.475. The van der Waals surface area contributed by atoms with Gasteiger partial charge < -0.3 is 5.32 Å². The second-order valence-corrected chi connectivity index (χ2v) is 3.51. The van der Waals surface area contributed by atoms with Crippen LogP contribution in [0.15, 0.2) is 6.20 Å². The molecule has 0 radical (unpaired) electrons. The Morgan fingerprint density at radius 3 is 2.85 bits per heavy atom. The minimum atomic E-state index is 0.504. The van der Waals surface area contributed by atoms with Crippen molar-refractivity contribution in [3.63, 3.8) is 0 Å². The standard InChI is InChI=1S/C10H19N3/c1-5-8(2)13-7-10(6-11-4)9(3)12-13/h7-8,11H,5-6H2,1-4H3. The van der Waals surface area contributed by atoms with Gasteiger partial charge in [0.25, 0.3) is 0 Å². The minimum absolute atomic E-state index is 0.504. The third kappa shape index (κ3) is 2.31. The van der Waals surface area contributed by atoms with Crippen LogP contribution in [0.2, 0.25) is 0 Å². The second-order valence-electron chi connectivity index (χ2n) is 3.51. The lowest BCUT2D eigenvalue weighted by Gasteiger charge is -2.07. The molecular formula is C10H19N3. The van der Waals surface area contributed by atoms with Crippen molar-refractivity contribution in [1.29, 1.82) is 0 Å². The van der Waals surface area contributed by atoms with Crippen molar-refractivity contribution in [3.8, 4) is 0 Å². The maximum Gasteiger partial charge on any atom is 0.0638 e. The lowest BCUT2D eigenvalue weighted by atomic mass is 10.2. The number of hydrogen-bond donors (Lipinski definition) is 1. The summed E-state index contributed by atoms with van der Waals surface area (Å²) in [6, 6.07) is 0.504. The Kier molecular flexibility index (Phi) is 3.48. The smallest absolute Gasteiger partial charge is 0.0638 e. The topological polar surface area (TPSA) is 29.9 Å². The van der Waals surface area contributed by atoms with E-state index >= 15 is 0 Å². The summed E-state index contributed by atoms with van der Waals surface area (Å²) in [7, 11) is 1.96. The second kappa shape index (κ2) is 4.42. The van der Waals surface area contributed by atoms with Gasteiger partial charge in [-0.15, -0.1) is 0 Å². The lowest BCUT2D eigenvalue weighted by Crippen LogP contribution is -2.05. The van der Waals surface area contributed by atoms with E-state index in [2.05, 4.69) is 42.1 Å². The zero-order chi connectivity index (χ0) is 9.84. The molecule has 0 aliphatic carbocycles. The van der Waals surface area contributed by atoms with Gasteiger partial charge in [0.05, 0.1) is 5.69 Å². The highest BCUT2D eigenvalue weighted by molar-refractivity contribution is 5.15. The first-order valence-corrected chi connectivity index (χ1v) is 4.88. The molecule has 1 N–H and O–H groups in total. The molecule has 0 aromatic carbocycles. The Morgan fingerprint density at radius 1 is 1.62 bits per heavy atom. The monoisotopic (exact) mass is 181 g/mol. The first kappa shape index (κ1) is 10.3. The van der Waals surface area contributed by atoms with E-state index in [0.29, 0.717) is 6.04 Å². The number of hydrogen-bond acceptors (Lipinski definition) is 2. The highest BCUT2D eigenvalue weighted by atomic mass is 15.3. The Hall–Kier alpha value is -0.830. The van der Waals surface area contributed by atoms with Gasteiger partial charge in [0.2, 0.25) is 0 Å². The molecule has 1 heterocycles. The van der Waals surface area contributed by atoms with Crippen LogP contribution in [0.25, 0.3) is 0 Å². The van der Waals surface area contributed by atoms with Crippen molar-refractivity contribution in [2.75, 3.05) is 7.05 Å². The summed E-state index contributed by atoms with van der Waals surface area (Å²) < 4.78 is 2.06. The Morgan fingerprint density at radius 2 is 2.31 bits per heavy atom. The number of nitrogens with one attached hydrogen (secondary N) is 1. The number of aryl methyl sites for hydroxylation is 1. The number of rotatable bonds is 4. The molecule has 0 bridgehead atoms. The molecule has 13 heavy (non-hydrogen) atoms. The van der Waals surface area contributed by atoms with Gasteiger partial charge in [0.1, 0.15) is 0 Å². The largest absolute Gasteiger partial charge is 0.316 e. The van der Waals surface area contributed by atoms with Crippen LogP contribution in [0, 0.1) is 6.92 Å². The summed E-state index contributed by atoms with van der Waals surface area (Å²) in [5.74, 6) is 0. The molecule has 74 valence electrons. The molecule has 3 nitrogen and oxygen atoms in total. The summed E-state index contributed by atoms with van der Waals surface area (Å²) in [4.78, 5) is 0. The fourth-order valence-electron chi connectivity index (χ4n) is 1.30. The van der Waals surface area contributed by atoms with E-state index in [1.165, 1.54) is 5.56 Å². The first-order chi connectivity index (χ1) is 6.19. The Balaban J connectivity index is 2.81. The summed E-state index contributed by atoms with van der Waals surface area (Å²) in [6.07, 6.45) is 3.26. The number of aromatic nitrogens is 2. The predicted octanol–water partition coefficient (Wildman–Crippen LogP) is 1.88. The third-order valence-electron chi connectivity index (χ3n) is 2.43. The van der Waals surface area contributed by atoms with E-state index in [4.69, 9.17) is 0 Å². The van der Waals surface area contributed by atoms with Crippen molar-refractivity contribution >= 4 is 0 Å². The van der Waals surface area contributed by atoms with E-state index < -0.39 is 0 Å². The van der Waals surface area contributed by atoms with Crippen LogP contribution in [0.4, 0.5) is 0 Å². The zero-order valence-electron chi connectivity index (χ0n) is 8.96. The van der Waals surface area contributed by atoms with E-state index in [0.717, 1.165) is 18.7 Å². The molecule has 0 saturated carbocycles. The maximum atomic E-state index is 4.48. The number of nitrogens with zero attached hydrogens (tertiary/aromatic N) is 2. The average molecular weight is 181 g/mol. The molecule has 0 spiro atoms. The van der Waals surface area contributed by atoms with Gasteiger partial charge in [-0.1, -0.05) is 6.92 Å². The normalized spacial score (nSPS) is 13.2. The zero-order valence-corrected chi connectivity index (χ0v) is 8.96. The fraction of sp³-hybridized carbons (Fsp3) is 0.700. The van der Waals surface area contributed by atoms with Crippen LogP contribution < -0.4 is 5.32 Å². The summed E-state index contributed by atoms with van der Waals surface area (Å²) in [5.41, 5.74) is 2.43. The van der Waals surface area contributed by atoms with Crippen LogP contribution >= 0.6 is 0 Å². The molecule has 1 unspecified atom stereocenters. The molecule has 1 rings (SSSR count). The molecule has 0 aliphatic rings. The summed E-state index contributed by atoms with van der Waals surface area (Å²) in [6.45, 7) is 7.34. The van der Waals surface area contributed by atoms with E-state index in [9.17, 15) is 0 Å². The Labute approximate surface area is 80.1 Å². The van der Waals surface area contributed by atoms with Crippen molar-refractivity contribution in [2.24, 2.45) is 0 Å². The predicted molar refractivity (Wildman–Crippen MR) is 54.7 cm³/mol.